The smallest absolute Gasteiger partial charge is 0.293 e. The summed E-state index contributed by atoms with van der Waals surface area (Å²) in [6.07, 6.45) is 0. The lowest BCUT2D eigenvalue weighted by Crippen LogP contribution is -2.38. The third kappa shape index (κ3) is 4.21. The molecule has 0 saturated heterocycles. The lowest BCUT2D eigenvalue weighted by atomic mass is 9.77. The van der Waals surface area contributed by atoms with E-state index in [4.69, 9.17) is 4.18 Å². The van der Waals surface area contributed by atoms with Gasteiger partial charge in [-0.25, -0.2) is 0 Å². The second-order valence-electron chi connectivity index (χ2n) is 6.92. The number of rotatable bonds is 7. The van der Waals surface area contributed by atoms with Crippen molar-refractivity contribution in [2.75, 3.05) is 6.61 Å². The molecule has 1 atom stereocenters. The quantitative estimate of drug-likeness (QED) is 0.436. The van der Waals surface area contributed by atoms with E-state index in [1.807, 2.05) is 43.3 Å². The Balaban J connectivity index is 1.94. The molecule has 1 unspecified atom stereocenters. The zero-order chi connectivity index (χ0) is 20.2. The Hall–Kier alpha value is -2.76. The molecule has 3 rings (SSSR count). The van der Waals surface area contributed by atoms with Crippen LogP contribution in [0.2, 0.25) is 0 Å². The van der Waals surface area contributed by atoms with Gasteiger partial charge in [0.2, 0.25) is 0 Å². The van der Waals surface area contributed by atoms with E-state index in [-0.39, 0.29) is 17.3 Å². The molecule has 0 N–H and O–H groups in total. The van der Waals surface area contributed by atoms with Crippen molar-refractivity contribution in [3.8, 4) is 0 Å². The highest BCUT2D eigenvalue weighted by molar-refractivity contribution is 7.86. The molecule has 0 amide bonds. The predicted octanol–water partition coefficient (Wildman–Crippen LogP) is 4.54. The first-order valence-electron chi connectivity index (χ1n) is 8.94. The van der Waals surface area contributed by atoms with E-state index in [9.17, 15) is 13.2 Å². The fraction of sp³-hybridized carbons (Fsp3) is 0.174. The first kappa shape index (κ1) is 20.0. The monoisotopic (exact) mass is 394 g/mol. The molecule has 3 aromatic rings. The van der Waals surface area contributed by atoms with Gasteiger partial charge in [0.25, 0.3) is 10.1 Å². The molecular formula is C23H22O4S. The van der Waals surface area contributed by atoms with Crippen LogP contribution >= 0.6 is 0 Å². The second kappa shape index (κ2) is 8.09. The SMILES string of the molecule is Cc1ccc(S(=O)(=O)OCC(C)(C(=O)c2ccccc2)c2ccccc2)cc1. The first-order valence-corrected chi connectivity index (χ1v) is 10.4. The van der Waals surface area contributed by atoms with Crippen LogP contribution < -0.4 is 0 Å². The molecule has 0 aromatic heterocycles. The van der Waals surface area contributed by atoms with Gasteiger partial charge in [0.05, 0.1) is 16.9 Å². The molecule has 144 valence electrons. The molecule has 0 saturated carbocycles. The van der Waals surface area contributed by atoms with Gasteiger partial charge in [-0.15, -0.1) is 0 Å². The van der Waals surface area contributed by atoms with E-state index in [0.29, 0.717) is 11.1 Å². The predicted molar refractivity (Wildman–Crippen MR) is 109 cm³/mol. The number of Topliss-reactive ketones (excluding diaryl/α,β-unsaturated/α-hetero) is 1. The number of ketones is 1. The normalized spacial score (nSPS) is 13.6. The zero-order valence-corrected chi connectivity index (χ0v) is 16.6. The van der Waals surface area contributed by atoms with Gasteiger partial charge in [0.15, 0.2) is 5.78 Å². The number of aryl methyl sites for hydroxylation is 1. The molecule has 0 heterocycles. The molecule has 3 aromatic carbocycles. The largest absolute Gasteiger partial charge is 0.297 e. The highest BCUT2D eigenvalue weighted by Gasteiger charge is 2.38. The van der Waals surface area contributed by atoms with Gasteiger partial charge in [-0.2, -0.15) is 8.42 Å². The van der Waals surface area contributed by atoms with Gasteiger partial charge in [-0.1, -0.05) is 78.4 Å². The van der Waals surface area contributed by atoms with Crippen LogP contribution in [0.4, 0.5) is 0 Å². The summed E-state index contributed by atoms with van der Waals surface area (Å²) in [4.78, 5) is 13.4. The molecule has 0 spiro atoms. The second-order valence-corrected chi connectivity index (χ2v) is 8.54. The average molecular weight is 394 g/mol. The minimum absolute atomic E-state index is 0.0701. The minimum Gasteiger partial charge on any atom is -0.293 e. The van der Waals surface area contributed by atoms with Crippen LogP contribution in [0.1, 0.15) is 28.4 Å². The van der Waals surface area contributed by atoms with Crippen LogP contribution in [0, 0.1) is 6.92 Å². The maximum atomic E-state index is 13.3. The molecule has 0 aliphatic rings. The van der Waals surface area contributed by atoms with Gasteiger partial charge in [-0.3, -0.25) is 8.98 Å². The third-order valence-electron chi connectivity index (χ3n) is 4.76. The summed E-state index contributed by atoms with van der Waals surface area (Å²) < 4.78 is 30.7. The molecule has 0 aliphatic carbocycles. The van der Waals surface area contributed by atoms with E-state index in [2.05, 4.69) is 0 Å². The fourth-order valence-corrected chi connectivity index (χ4v) is 3.96. The number of carbonyl (C=O) groups excluding carboxylic acids is 1. The molecule has 0 aliphatic heterocycles. The fourth-order valence-electron chi connectivity index (χ4n) is 2.96. The summed E-state index contributed by atoms with van der Waals surface area (Å²) in [6.45, 7) is 3.30. The van der Waals surface area contributed by atoms with E-state index in [1.54, 1.807) is 43.3 Å². The lowest BCUT2D eigenvalue weighted by molar-refractivity contribution is 0.0844. The van der Waals surface area contributed by atoms with E-state index >= 15 is 0 Å². The zero-order valence-electron chi connectivity index (χ0n) is 15.8. The van der Waals surface area contributed by atoms with Crippen molar-refractivity contribution in [1.29, 1.82) is 0 Å². The Labute approximate surface area is 165 Å². The maximum Gasteiger partial charge on any atom is 0.297 e. The number of carbonyl (C=O) groups is 1. The van der Waals surface area contributed by atoms with E-state index < -0.39 is 15.5 Å². The highest BCUT2D eigenvalue weighted by Crippen LogP contribution is 2.30. The van der Waals surface area contributed by atoms with Crippen molar-refractivity contribution in [2.45, 2.75) is 24.2 Å². The molecule has 0 bridgehead atoms. The number of hydrogen-bond acceptors (Lipinski definition) is 4. The van der Waals surface area contributed by atoms with Gasteiger partial charge >= 0.3 is 0 Å². The summed E-state index contributed by atoms with van der Waals surface area (Å²) >= 11 is 0. The molecular weight excluding hydrogens is 372 g/mol. The van der Waals surface area contributed by atoms with Crippen LogP contribution in [-0.2, 0) is 19.7 Å². The van der Waals surface area contributed by atoms with Crippen LogP contribution in [0.15, 0.2) is 89.8 Å². The average Bonchev–Trinajstić information content (AvgIpc) is 2.73. The molecule has 5 heteroatoms. The van der Waals surface area contributed by atoms with Crippen molar-refractivity contribution in [2.24, 2.45) is 0 Å². The summed E-state index contributed by atoms with van der Waals surface area (Å²) in [5.41, 5.74) is 1.00. The third-order valence-corrected chi connectivity index (χ3v) is 6.04. The van der Waals surface area contributed by atoms with E-state index in [0.717, 1.165) is 5.56 Å². The van der Waals surface area contributed by atoms with Crippen molar-refractivity contribution in [3.63, 3.8) is 0 Å². The van der Waals surface area contributed by atoms with Crippen molar-refractivity contribution in [1.82, 2.24) is 0 Å². The lowest BCUT2D eigenvalue weighted by Gasteiger charge is -2.28. The molecule has 28 heavy (non-hydrogen) atoms. The Morgan fingerprint density at radius 2 is 1.39 bits per heavy atom. The van der Waals surface area contributed by atoms with Crippen LogP contribution in [-0.4, -0.2) is 20.8 Å². The first-order chi connectivity index (χ1) is 13.3. The van der Waals surface area contributed by atoms with Crippen LogP contribution in [0.25, 0.3) is 0 Å². The van der Waals surface area contributed by atoms with Gasteiger partial charge in [0.1, 0.15) is 0 Å². The van der Waals surface area contributed by atoms with Gasteiger partial charge in [0, 0.05) is 5.56 Å². The van der Waals surface area contributed by atoms with Gasteiger partial charge in [-0.05, 0) is 31.5 Å². The summed E-state index contributed by atoms with van der Waals surface area (Å²) in [5, 5.41) is 0. The summed E-state index contributed by atoms with van der Waals surface area (Å²) in [6, 6.07) is 24.4. The number of hydrogen-bond donors (Lipinski definition) is 0. The van der Waals surface area contributed by atoms with Crippen LogP contribution in [0.3, 0.4) is 0 Å². The summed E-state index contributed by atoms with van der Waals surface area (Å²) in [5.74, 6) is -0.196. The number of benzene rings is 3. The Kier molecular flexibility index (Phi) is 5.77. The Morgan fingerprint density at radius 3 is 1.96 bits per heavy atom. The van der Waals surface area contributed by atoms with Crippen LogP contribution in [0.5, 0.6) is 0 Å². The minimum atomic E-state index is -3.99. The molecule has 0 radical (unpaired) electrons. The van der Waals surface area contributed by atoms with Crippen molar-refractivity contribution < 1.29 is 17.4 Å². The molecule has 0 fully saturated rings. The Bertz CT molecular complexity index is 1040. The summed E-state index contributed by atoms with van der Waals surface area (Å²) in [7, 11) is -3.99. The topological polar surface area (TPSA) is 60.4 Å². The van der Waals surface area contributed by atoms with E-state index in [1.165, 1.54) is 12.1 Å². The maximum absolute atomic E-state index is 13.3. The Morgan fingerprint density at radius 1 is 0.857 bits per heavy atom. The van der Waals surface area contributed by atoms with Gasteiger partial charge < -0.3 is 0 Å². The van der Waals surface area contributed by atoms with Crippen molar-refractivity contribution in [3.05, 3.63) is 102 Å². The standard InChI is InChI=1S/C23H22O4S/c1-18-13-15-21(16-14-18)28(25,26)27-17-23(2,20-11-7-4-8-12-20)22(24)19-9-5-3-6-10-19/h3-16H,17H2,1-2H3. The molecule has 4 nitrogen and oxygen atoms in total. The van der Waals surface area contributed by atoms with Crippen molar-refractivity contribution >= 4 is 15.9 Å². The highest BCUT2D eigenvalue weighted by atomic mass is 32.2.